The molecule has 3 aliphatic carbocycles. The molecule has 5 rings (SSSR count). The Labute approximate surface area is 168 Å². The number of Topliss-reactive ketones (excluding diaryl/α,β-unsaturated/α-hetero) is 1. The lowest BCUT2D eigenvalue weighted by Gasteiger charge is -2.48. The highest BCUT2D eigenvalue weighted by atomic mass is 16.5. The zero-order chi connectivity index (χ0) is 19.3. The Bertz CT molecular complexity index is 887. The van der Waals surface area contributed by atoms with E-state index in [0.717, 1.165) is 37.9 Å². The molecule has 0 saturated heterocycles. The number of ketones is 1. The van der Waals surface area contributed by atoms with Crippen LogP contribution in [0.5, 0.6) is 5.75 Å². The summed E-state index contributed by atoms with van der Waals surface area (Å²) in [5, 5.41) is 0. The molecular formula is C26H30O2. The van der Waals surface area contributed by atoms with E-state index in [1.165, 1.54) is 23.1 Å². The maximum atomic E-state index is 13.5. The molecule has 2 fully saturated rings. The van der Waals surface area contributed by atoms with Gasteiger partial charge in [0.1, 0.15) is 11.5 Å². The smallest absolute Gasteiger partial charge is 0.142 e. The van der Waals surface area contributed by atoms with Crippen molar-refractivity contribution < 1.29 is 9.53 Å². The average molecular weight is 375 g/mol. The highest BCUT2D eigenvalue weighted by molar-refractivity contribution is 5.89. The number of hydrogen-bond acceptors (Lipinski definition) is 2. The second-order valence-electron chi connectivity index (χ2n) is 9.42. The van der Waals surface area contributed by atoms with Crippen LogP contribution < -0.4 is 4.74 Å². The number of fused-ring (bicyclic) bond motifs is 5. The predicted molar refractivity (Wildman–Crippen MR) is 112 cm³/mol. The Kier molecular flexibility index (Phi) is 4.34. The molecule has 2 aromatic rings. The summed E-state index contributed by atoms with van der Waals surface area (Å²) in [6, 6.07) is 17.2. The summed E-state index contributed by atoms with van der Waals surface area (Å²) in [5.74, 6) is 3.54. The average Bonchev–Trinajstić information content (AvgIpc) is 2.99. The first-order valence-corrected chi connectivity index (χ1v) is 10.8. The molecule has 0 unspecified atom stereocenters. The van der Waals surface area contributed by atoms with Crippen LogP contribution in [0.3, 0.4) is 0 Å². The third-order valence-corrected chi connectivity index (χ3v) is 8.12. The van der Waals surface area contributed by atoms with Crippen LogP contribution >= 0.6 is 0 Å². The number of ether oxygens (including phenoxy) is 1. The van der Waals surface area contributed by atoms with Crippen molar-refractivity contribution in [1.82, 2.24) is 0 Å². The normalized spacial score (nSPS) is 33.7. The van der Waals surface area contributed by atoms with Crippen LogP contribution in [0.25, 0.3) is 0 Å². The predicted octanol–water partition coefficient (Wildman–Crippen LogP) is 5.59. The minimum atomic E-state index is -0.107. The summed E-state index contributed by atoms with van der Waals surface area (Å²) < 4.78 is 5.44. The molecular weight excluding hydrogens is 344 g/mol. The maximum Gasteiger partial charge on any atom is 0.142 e. The van der Waals surface area contributed by atoms with Crippen molar-refractivity contribution in [1.29, 1.82) is 0 Å². The van der Waals surface area contributed by atoms with Crippen molar-refractivity contribution in [3.63, 3.8) is 0 Å². The molecule has 2 nitrogen and oxygen atoms in total. The molecule has 0 aliphatic heterocycles. The number of rotatable bonds is 3. The SMILES string of the molecule is COc1ccc2c(c1)CC[C@@H]1[C@@H]2CC[C@]2(C)C(=O)[C@@H](Cc3ccccc3)C[C@@H]12. The van der Waals surface area contributed by atoms with Gasteiger partial charge in [-0.15, -0.1) is 0 Å². The summed E-state index contributed by atoms with van der Waals surface area (Å²) >= 11 is 0. The summed E-state index contributed by atoms with van der Waals surface area (Å²) in [6.07, 6.45) is 6.54. The monoisotopic (exact) mass is 374 g/mol. The van der Waals surface area contributed by atoms with E-state index in [4.69, 9.17) is 4.74 Å². The zero-order valence-corrected chi connectivity index (χ0v) is 17.0. The third kappa shape index (κ3) is 2.72. The van der Waals surface area contributed by atoms with Gasteiger partial charge >= 0.3 is 0 Å². The molecule has 0 N–H and O–H groups in total. The van der Waals surface area contributed by atoms with Gasteiger partial charge in [0.05, 0.1) is 7.11 Å². The van der Waals surface area contributed by atoms with Crippen molar-refractivity contribution in [3.8, 4) is 5.75 Å². The van der Waals surface area contributed by atoms with Gasteiger partial charge in [0.15, 0.2) is 0 Å². The van der Waals surface area contributed by atoms with Gasteiger partial charge in [-0.25, -0.2) is 0 Å². The molecule has 2 aromatic carbocycles. The van der Waals surface area contributed by atoms with Crippen LogP contribution in [0.2, 0.25) is 0 Å². The standard InChI is InChI=1S/C26H30O2/c1-26-13-12-22-21-11-9-20(28-2)15-18(21)8-10-23(22)24(26)16-19(25(26)27)14-17-6-4-3-5-7-17/h3-7,9,11,15,19,22-24H,8,10,12-14,16H2,1-2H3/t19-,22+,23+,24-,26-/m0/s1. The molecule has 0 amide bonds. The third-order valence-electron chi connectivity index (χ3n) is 8.12. The van der Waals surface area contributed by atoms with E-state index in [0.29, 0.717) is 23.5 Å². The van der Waals surface area contributed by atoms with E-state index in [2.05, 4.69) is 55.5 Å². The number of carbonyl (C=O) groups is 1. The largest absolute Gasteiger partial charge is 0.497 e. The van der Waals surface area contributed by atoms with Crippen LogP contribution in [0.15, 0.2) is 48.5 Å². The van der Waals surface area contributed by atoms with Gasteiger partial charge in [-0.1, -0.05) is 43.3 Å². The topological polar surface area (TPSA) is 26.3 Å². The highest BCUT2D eigenvalue weighted by Gasteiger charge is 2.57. The quantitative estimate of drug-likeness (QED) is 0.700. The minimum Gasteiger partial charge on any atom is -0.497 e. The van der Waals surface area contributed by atoms with E-state index in [1.54, 1.807) is 7.11 Å². The van der Waals surface area contributed by atoms with Crippen molar-refractivity contribution in [2.24, 2.45) is 23.2 Å². The van der Waals surface area contributed by atoms with Crippen molar-refractivity contribution >= 4 is 5.78 Å². The van der Waals surface area contributed by atoms with Gasteiger partial charge in [0, 0.05) is 11.3 Å². The Morgan fingerprint density at radius 3 is 2.71 bits per heavy atom. The Balaban J connectivity index is 1.42. The molecule has 5 atom stereocenters. The van der Waals surface area contributed by atoms with Crippen molar-refractivity contribution in [2.45, 2.75) is 51.4 Å². The molecule has 28 heavy (non-hydrogen) atoms. The fraction of sp³-hybridized carbons (Fsp3) is 0.500. The van der Waals surface area contributed by atoms with Crippen molar-refractivity contribution in [2.75, 3.05) is 7.11 Å². The fourth-order valence-corrected chi connectivity index (χ4v) is 6.70. The van der Waals surface area contributed by atoms with Crippen LogP contribution in [-0.2, 0) is 17.6 Å². The molecule has 0 heterocycles. The van der Waals surface area contributed by atoms with Gasteiger partial charge in [0.2, 0.25) is 0 Å². The first-order valence-electron chi connectivity index (χ1n) is 10.8. The summed E-state index contributed by atoms with van der Waals surface area (Å²) in [6.45, 7) is 2.28. The molecule has 0 spiro atoms. The molecule has 0 aromatic heterocycles. The lowest BCUT2D eigenvalue weighted by Crippen LogP contribution is -2.42. The Morgan fingerprint density at radius 2 is 1.93 bits per heavy atom. The summed E-state index contributed by atoms with van der Waals surface area (Å²) in [5.41, 5.74) is 4.19. The molecule has 146 valence electrons. The maximum absolute atomic E-state index is 13.5. The van der Waals surface area contributed by atoms with E-state index in [-0.39, 0.29) is 11.3 Å². The molecule has 2 saturated carbocycles. The van der Waals surface area contributed by atoms with Crippen LogP contribution in [-0.4, -0.2) is 12.9 Å². The Morgan fingerprint density at radius 1 is 1.11 bits per heavy atom. The number of methoxy groups -OCH3 is 1. The number of hydrogen-bond donors (Lipinski definition) is 0. The first-order chi connectivity index (χ1) is 13.6. The van der Waals surface area contributed by atoms with Gasteiger partial charge in [-0.05, 0) is 85.1 Å². The lowest BCUT2D eigenvalue weighted by atomic mass is 9.55. The molecule has 0 bridgehead atoms. The number of aryl methyl sites for hydroxylation is 1. The van der Waals surface area contributed by atoms with E-state index < -0.39 is 0 Å². The van der Waals surface area contributed by atoms with Crippen molar-refractivity contribution in [3.05, 3.63) is 65.2 Å². The van der Waals surface area contributed by atoms with Gasteiger partial charge in [-0.2, -0.15) is 0 Å². The van der Waals surface area contributed by atoms with E-state index >= 15 is 0 Å². The first kappa shape index (κ1) is 18.0. The fourth-order valence-electron chi connectivity index (χ4n) is 6.70. The number of carbonyl (C=O) groups excluding carboxylic acids is 1. The second kappa shape index (κ2) is 6.76. The van der Waals surface area contributed by atoms with E-state index in [9.17, 15) is 4.79 Å². The molecule has 0 radical (unpaired) electrons. The highest BCUT2D eigenvalue weighted by Crippen LogP contribution is 2.61. The van der Waals surface area contributed by atoms with Crippen LogP contribution in [0.4, 0.5) is 0 Å². The van der Waals surface area contributed by atoms with E-state index in [1.807, 2.05) is 0 Å². The minimum absolute atomic E-state index is 0.107. The summed E-state index contributed by atoms with van der Waals surface area (Å²) in [7, 11) is 1.75. The van der Waals surface area contributed by atoms with Gasteiger partial charge < -0.3 is 4.74 Å². The summed E-state index contributed by atoms with van der Waals surface area (Å²) in [4.78, 5) is 13.5. The Hall–Kier alpha value is -2.09. The van der Waals surface area contributed by atoms with Crippen LogP contribution in [0, 0.1) is 23.2 Å². The lowest BCUT2D eigenvalue weighted by molar-refractivity contribution is -0.131. The number of benzene rings is 2. The van der Waals surface area contributed by atoms with Gasteiger partial charge in [0.25, 0.3) is 0 Å². The zero-order valence-electron chi connectivity index (χ0n) is 17.0. The molecule has 2 heteroatoms. The molecule has 3 aliphatic rings. The van der Waals surface area contributed by atoms with Crippen LogP contribution in [0.1, 0.15) is 55.2 Å². The second-order valence-corrected chi connectivity index (χ2v) is 9.42. The van der Waals surface area contributed by atoms with Gasteiger partial charge in [-0.3, -0.25) is 4.79 Å².